The van der Waals surface area contributed by atoms with Crippen molar-refractivity contribution in [1.82, 2.24) is 14.8 Å². The third-order valence-corrected chi connectivity index (χ3v) is 8.98. The zero-order valence-corrected chi connectivity index (χ0v) is 24.0. The molecular weight excluding hydrogens is 601 g/mol. The summed E-state index contributed by atoms with van der Waals surface area (Å²) in [6.45, 7) is 0. The third-order valence-electron chi connectivity index (χ3n) is 7.21. The minimum Gasteiger partial charge on any atom is -0.476 e. The Morgan fingerprint density at radius 3 is 2.49 bits per heavy atom. The predicted molar refractivity (Wildman–Crippen MR) is 156 cm³/mol. The summed E-state index contributed by atoms with van der Waals surface area (Å²) >= 11 is 1.07. The summed E-state index contributed by atoms with van der Waals surface area (Å²) in [5, 5.41) is 21.2. The number of nitrogens with zero attached hydrogens (tertiary/aromatic N) is 3. The molecule has 0 amide bonds. The number of carbonyl (C=O) groups is 1. The van der Waals surface area contributed by atoms with E-state index in [-0.39, 0.29) is 22.8 Å². The van der Waals surface area contributed by atoms with Gasteiger partial charge < -0.3 is 5.11 Å². The Labute approximate surface area is 249 Å². The number of thiazole rings is 1. The van der Waals surface area contributed by atoms with Crippen LogP contribution in [-0.2, 0) is 27.5 Å². The molecule has 0 saturated heterocycles. The van der Waals surface area contributed by atoms with Crippen LogP contribution in [0.3, 0.4) is 0 Å². The van der Waals surface area contributed by atoms with Crippen LogP contribution in [0.5, 0.6) is 0 Å². The normalized spacial score (nSPS) is 14.5. The molecule has 3 aromatic carbocycles. The minimum absolute atomic E-state index is 0.135. The van der Waals surface area contributed by atoms with Gasteiger partial charge in [-0.2, -0.15) is 9.65 Å². The highest BCUT2D eigenvalue weighted by atomic mass is 32.3. The van der Waals surface area contributed by atoms with Gasteiger partial charge in [0.2, 0.25) is 10.0 Å². The van der Waals surface area contributed by atoms with Gasteiger partial charge in [-0.25, -0.2) is 27.6 Å². The first-order valence-electron chi connectivity index (χ1n) is 13.2. The number of aromatic nitrogens is 3. The number of benzene rings is 3. The zero-order chi connectivity index (χ0) is 30.5. The van der Waals surface area contributed by atoms with Crippen LogP contribution in [0.25, 0.3) is 27.5 Å². The lowest BCUT2D eigenvalue weighted by molar-refractivity contribution is 0.0691. The Morgan fingerprint density at radius 2 is 1.84 bits per heavy atom. The van der Waals surface area contributed by atoms with Crippen LogP contribution in [0.1, 0.15) is 40.2 Å². The lowest BCUT2D eigenvalue weighted by Gasteiger charge is -2.12. The highest BCUT2D eigenvalue weighted by molar-refractivity contribution is 7.95. The molecule has 1 saturated carbocycles. The average Bonchev–Trinajstić information content (AvgIpc) is 3.49. The van der Waals surface area contributed by atoms with Crippen LogP contribution in [0.15, 0.2) is 70.9 Å². The largest absolute Gasteiger partial charge is 0.476 e. The number of nitrogens with two attached hydrogens (primary N) is 1. The van der Waals surface area contributed by atoms with E-state index in [1.54, 1.807) is 18.2 Å². The van der Waals surface area contributed by atoms with Gasteiger partial charge in [-0.05, 0) is 76.9 Å². The van der Waals surface area contributed by atoms with Gasteiger partial charge in [0.15, 0.2) is 11.5 Å². The first-order valence-corrected chi connectivity index (χ1v) is 15.6. The lowest BCUT2D eigenvalue weighted by atomic mass is 9.94. The molecule has 5 aromatic rings. The Kier molecular flexibility index (Phi) is 7.50. The fraction of sp³-hybridized carbons (Fsp3) is 0.167. The van der Waals surface area contributed by atoms with E-state index < -0.39 is 38.7 Å². The van der Waals surface area contributed by atoms with Crippen molar-refractivity contribution in [1.29, 1.82) is 0 Å². The van der Waals surface area contributed by atoms with Crippen LogP contribution < -0.4 is 5.14 Å². The molecule has 220 valence electrons. The number of carboxylic acid groups (broad SMARTS) is 1. The topological polar surface area (TPSA) is 131 Å². The van der Waals surface area contributed by atoms with Gasteiger partial charge in [0, 0.05) is 34.6 Å². The van der Waals surface area contributed by atoms with Gasteiger partial charge in [0.25, 0.3) is 0 Å². The molecule has 8 nitrogen and oxygen atoms in total. The van der Waals surface area contributed by atoms with Gasteiger partial charge in [-0.1, -0.05) is 18.2 Å². The van der Waals surface area contributed by atoms with Gasteiger partial charge in [0.1, 0.15) is 11.6 Å². The van der Waals surface area contributed by atoms with E-state index in [4.69, 9.17) is 10.2 Å². The molecule has 1 fully saturated rings. The molecule has 6 rings (SSSR count). The summed E-state index contributed by atoms with van der Waals surface area (Å²) < 4.78 is 67.1. The number of hydrogen-bond donors (Lipinski definition) is 3. The van der Waals surface area contributed by atoms with Crippen molar-refractivity contribution in [2.24, 2.45) is 11.1 Å². The Balaban J connectivity index is 1.56. The molecule has 13 heteroatoms. The second-order valence-corrected chi connectivity index (χ2v) is 12.8. The van der Waals surface area contributed by atoms with E-state index in [9.17, 15) is 27.4 Å². The molecule has 1 unspecified atom stereocenters. The van der Waals surface area contributed by atoms with E-state index in [0.717, 1.165) is 36.3 Å². The molecule has 2 aromatic heterocycles. The Morgan fingerprint density at radius 1 is 1.05 bits per heavy atom. The van der Waals surface area contributed by atoms with Crippen molar-refractivity contribution in [2.75, 3.05) is 0 Å². The summed E-state index contributed by atoms with van der Waals surface area (Å²) in [6, 6.07) is 13.7. The molecule has 0 bridgehead atoms. The number of halogens is 3. The number of aromatic carboxylic acids is 1. The summed E-state index contributed by atoms with van der Waals surface area (Å²) in [5.41, 5.74) is 3.07. The molecule has 1 atom stereocenters. The summed E-state index contributed by atoms with van der Waals surface area (Å²) in [6.07, 6.45) is 2.74. The van der Waals surface area contributed by atoms with Crippen LogP contribution in [0.2, 0.25) is 0 Å². The van der Waals surface area contributed by atoms with Crippen molar-refractivity contribution in [3.8, 4) is 27.5 Å². The molecule has 43 heavy (non-hydrogen) atoms. The maximum Gasteiger partial charge on any atom is 0.355 e. The molecule has 2 heterocycles. The molecule has 0 radical (unpaired) electrons. The number of rotatable bonds is 9. The van der Waals surface area contributed by atoms with E-state index in [0.29, 0.717) is 46.0 Å². The predicted octanol–water partition coefficient (Wildman–Crippen LogP) is 6.53. The van der Waals surface area contributed by atoms with E-state index >= 15 is 4.39 Å². The highest BCUT2D eigenvalue weighted by Crippen LogP contribution is 2.39. The van der Waals surface area contributed by atoms with Crippen LogP contribution >= 0.6 is 11.3 Å². The van der Waals surface area contributed by atoms with Gasteiger partial charge in [0.05, 0.1) is 11.4 Å². The molecule has 4 N–H and O–H groups in total. The SMILES string of the molecule is N[S+](=O)(O)c1ccc(Cc2c(CC3CC3)nn(-c3nc(C(=O)O)cs3)c2-c2ccc(F)c(-c3cccc(F)c3)c2)cc1F. The first-order chi connectivity index (χ1) is 20.5. The smallest absolute Gasteiger partial charge is 0.355 e. The standard InChI is InChI=1S/C30H23F3N4O4S2/c31-20-3-1-2-18(13-20)21-14-19(7-8-23(21)32)28-22(10-17-6-9-27(24(33)11-17)43(34,40)41)25(12-16-4-5-16)36-37(28)30-35-26(15-42-30)29(38)39/h1-3,6-9,11,13-16H,4-5,10,12H2,(H3-,34,38,39,40,41)/p+1. The fourth-order valence-corrected chi connectivity index (χ4v) is 6.34. The minimum atomic E-state index is -4.02. The average molecular weight is 626 g/mol. The molecule has 1 aliphatic carbocycles. The second kappa shape index (κ2) is 11.2. The maximum absolute atomic E-state index is 15.1. The molecule has 0 spiro atoms. The van der Waals surface area contributed by atoms with Crippen LogP contribution in [0, 0.1) is 23.4 Å². The number of carboxylic acids is 1. The van der Waals surface area contributed by atoms with Crippen molar-refractivity contribution >= 4 is 27.7 Å². The third kappa shape index (κ3) is 6.02. The maximum atomic E-state index is 15.1. The van der Waals surface area contributed by atoms with Gasteiger partial charge in [-0.3, -0.25) is 0 Å². The number of hydrogen-bond acceptors (Lipinski definition) is 5. The van der Waals surface area contributed by atoms with Crippen LogP contribution in [0.4, 0.5) is 13.2 Å². The lowest BCUT2D eigenvalue weighted by Crippen LogP contribution is -2.22. The Bertz CT molecular complexity index is 1930. The summed E-state index contributed by atoms with van der Waals surface area (Å²) in [7, 11) is -4.02. The zero-order valence-electron chi connectivity index (χ0n) is 22.3. The van der Waals surface area contributed by atoms with Gasteiger partial charge in [-0.15, -0.1) is 16.5 Å². The highest BCUT2D eigenvalue weighted by Gasteiger charge is 2.31. The van der Waals surface area contributed by atoms with Crippen molar-refractivity contribution < 1.29 is 31.8 Å². The van der Waals surface area contributed by atoms with E-state index in [2.05, 4.69) is 4.98 Å². The van der Waals surface area contributed by atoms with E-state index in [1.807, 2.05) is 0 Å². The molecule has 0 aliphatic heterocycles. The van der Waals surface area contributed by atoms with E-state index in [1.165, 1.54) is 40.4 Å². The van der Waals surface area contributed by atoms with Crippen LogP contribution in [-0.4, -0.2) is 30.4 Å². The van der Waals surface area contributed by atoms with Crippen molar-refractivity contribution in [3.63, 3.8) is 0 Å². The summed E-state index contributed by atoms with van der Waals surface area (Å²) in [4.78, 5) is 15.3. The summed E-state index contributed by atoms with van der Waals surface area (Å²) in [5.74, 6) is -2.87. The molecule has 1 aliphatic rings. The Hall–Kier alpha value is -4.17. The van der Waals surface area contributed by atoms with Gasteiger partial charge >= 0.3 is 16.4 Å². The monoisotopic (exact) mass is 625 g/mol. The molecular formula is C30H24F3N4O4S2+. The fourth-order valence-electron chi connectivity index (χ4n) is 4.98. The first kappa shape index (κ1) is 28.9. The van der Waals surface area contributed by atoms with Crippen molar-refractivity contribution in [3.05, 3.63) is 106 Å². The quantitative estimate of drug-likeness (QED) is 0.160. The second-order valence-electron chi connectivity index (χ2n) is 10.4. The van der Waals surface area contributed by atoms with Crippen molar-refractivity contribution in [2.45, 2.75) is 30.6 Å².